The predicted octanol–water partition coefficient (Wildman–Crippen LogP) is 6.14. The van der Waals surface area contributed by atoms with Gasteiger partial charge in [0.1, 0.15) is 5.75 Å². The second-order valence-electron chi connectivity index (χ2n) is 7.92. The van der Waals surface area contributed by atoms with E-state index in [4.69, 9.17) is 16.3 Å². The van der Waals surface area contributed by atoms with Crippen LogP contribution >= 0.6 is 11.6 Å². The van der Waals surface area contributed by atoms with Gasteiger partial charge < -0.3 is 10.1 Å². The van der Waals surface area contributed by atoms with Gasteiger partial charge in [-0.25, -0.2) is 9.97 Å². The molecule has 0 aliphatic carbocycles. The first-order chi connectivity index (χ1) is 16.4. The van der Waals surface area contributed by atoms with Crippen molar-refractivity contribution in [1.82, 2.24) is 9.97 Å². The zero-order valence-electron chi connectivity index (χ0n) is 19.2. The number of methoxy groups -OCH3 is 1. The Hall–Kier alpha value is -3.90. The largest absolute Gasteiger partial charge is 0.497 e. The Morgan fingerprint density at radius 1 is 0.882 bits per heavy atom. The molecule has 4 rings (SSSR count). The molecule has 0 aliphatic heterocycles. The van der Waals surface area contributed by atoms with Crippen LogP contribution in [0.15, 0.2) is 72.8 Å². The molecule has 7 heteroatoms. The Labute approximate surface area is 204 Å². The molecule has 0 aliphatic rings. The number of rotatable bonds is 7. The van der Waals surface area contributed by atoms with Gasteiger partial charge in [0.15, 0.2) is 0 Å². The maximum atomic E-state index is 12.7. The Balaban J connectivity index is 1.60. The molecule has 0 saturated heterocycles. The van der Waals surface area contributed by atoms with Crippen molar-refractivity contribution >= 4 is 29.1 Å². The number of hydrogen-bond acceptors (Lipinski definition) is 5. The fourth-order valence-corrected chi connectivity index (χ4v) is 3.66. The molecule has 3 aromatic carbocycles. The van der Waals surface area contributed by atoms with Crippen LogP contribution in [0.4, 0.5) is 11.6 Å². The summed E-state index contributed by atoms with van der Waals surface area (Å²) in [6.45, 7) is 4.14. The average Bonchev–Trinajstić information content (AvgIpc) is 2.84. The summed E-state index contributed by atoms with van der Waals surface area (Å²) in [6, 6.07) is 22.9. The zero-order chi connectivity index (χ0) is 24.1. The number of carbonyl (C=O) groups excluding carboxylic acids is 1. The van der Waals surface area contributed by atoms with E-state index in [1.54, 1.807) is 19.2 Å². The molecule has 1 amide bonds. The molecule has 0 radical (unpaired) electrons. The summed E-state index contributed by atoms with van der Waals surface area (Å²) in [5.41, 5.74) is 6.26. The van der Waals surface area contributed by atoms with Crippen LogP contribution < -0.4 is 15.4 Å². The summed E-state index contributed by atoms with van der Waals surface area (Å²) < 4.78 is 5.25. The summed E-state index contributed by atoms with van der Waals surface area (Å²) in [5.74, 6) is 0.737. The molecule has 0 unspecified atom stereocenters. The van der Waals surface area contributed by atoms with E-state index >= 15 is 0 Å². The quantitative estimate of drug-likeness (QED) is 0.338. The van der Waals surface area contributed by atoms with Crippen molar-refractivity contribution in [3.8, 4) is 28.3 Å². The first kappa shape index (κ1) is 23.3. The van der Waals surface area contributed by atoms with Crippen LogP contribution in [0, 0.1) is 13.8 Å². The van der Waals surface area contributed by atoms with E-state index in [1.165, 1.54) is 5.56 Å². The number of hydrogen-bond donors (Lipinski definition) is 2. The van der Waals surface area contributed by atoms with Crippen LogP contribution in [0.5, 0.6) is 5.75 Å². The fraction of sp³-hybridized carbons (Fsp3) is 0.148. The number of aryl methyl sites for hydroxylation is 2. The molecule has 2 N–H and O–H groups in total. The van der Waals surface area contributed by atoms with E-state index < -0.39 is 0 Å². The summed E-state index contributed by atoms with van der Waals surface area (Å²) in [5, 5.41) is 6.64. The minimum atomic E-state index is -0.242. The van der Waals surface area contributed by atoms with Crippen molar-refractivity contribution in [3.63, 3.8) is 0 Å². The molecule has 0 atom stereocenters. The van der Waals surface area contributed by atoms with E-state index in [1.807, 2.05) is 68.4 Å². The highest BCUT2D eigenvalue weighted by Crippen LogP contribution is 2.27. The lowest BCUT2D eigenvalue weighted by Crippen LogP contribution is -2.23. The molecule has 1 aromatic heterocycles. The summed E-state index contributed by atoms with van der Waals surface area (Å²) in [7, 11) is 1.62. The number of anilines is 2. The average molecular weight is 473 g/mol. The monoisotopic (exact) mass is 472 g/mol. The van der Waals surface area contributed by atoms with E-state index in [0.29, 0.717) is 16.4 Å². The van der Waals surface area contributed by atoms with Crippen molar-refractivity contribution in [3.05, 3.63) is 88.9 Å². The van der Waals surface area contributed by atoms with Gasteiger partial charge in [-0.2, -0.15) is 0 Å². The predicted molar refractivity (Wildman–Crippen MR) is 138 cm³/mol. The number of halogens is 1. The maximum absolute atomic E-state index is 12.7. The normalized spacial score (nSPS) is 10.6. The minimum Gasteiger partial charge on any atom is -0.497 e. The molecular formula is C27H25ClN4O2. The molecule has 172 valence electrons. The SMILES string of the molecule is COc1ccc(-c2cc(-c3ccc(Cl)cc3)nc(NC(=O)CNc3ccc(C)cc3C)n2)cc1. The zero-order valence-corrected chi connectivity index (χ0v) is 20.0. The third-order valence-corrected chi connectivity index (χ3v) is 5.58. The van der Waals surface area contributed by atoms with Gasteiger partial charge in [0.2, 0.25) is 11.9 Å². The van der Waals surface area contributed by atoms with Crippen molar-refractivity contribution in [1.29, 1.82) is 0 Å². The summed E-state index contributed by atoms with van der Waals surface area (Å²) in [6.07, 6.45) is 0. The van der Waals surface area contributed by atoms with Crippen LogP contribution in [-0.4, -0.2) is 29.5 Å². The van der Waals surface area contributed by atoms with Gasteiger partial charge in [0.25, 0.3) is 0 Å². The molecule has 6 nitrogen and oxygen atoms in total. The van der Waals surface area contributed by atoms with Crippen molar-refractivity contribution in [2.24, 2.45) is 0 Å². The fourth-order valence-electron chi connectivity index (χ4n) is 3.54. The minimum absolute atomic E-state index is 0.0936. The lowest BCUT2D eigenvalue weighted by molar-refractivity contribution is -0.114. The number of nitrogens with one attached hydrogen (secondary N) is 2. The van der Waals surface area contributed by atoms with Crippen molar-refractivity contribution < 1.29 is 9.53 Å². The van der Waals surface area contributed by atoms with Gasteiger partial charge in [0, 0.05) is 21.8 Å². The van der Waals surface area contributed by atoms with E-state index in [2.05, 4.69) is 26.7 Å². The Kier molecular flexibility index (Phi) is 7.09. The first-order valence-corrected chi connectivity index (χ1v) is 11.2. The van der Waals surface area contributed by atoms with Crippen molar-refractivity contribution in [2.45, 2.75) is 13.8 Å². The van der Waals surface area contributed by atoms with Gasteiger partial charge >= 0.3 is 0 Å². The molecule has 34 heavy (non-hydrogen) atoms. The topological polar surface area (TPSA) is 76.1 Å². The number of aromatic nitrogens is 2. The molecule has 0 spiro atoms. The Morgan fingerprint density at radius 2 is 1.50 bits per heavy atom. The van der Waals surface area contributed by atoms with Crippen LogP contribution in [0.2, 0.25) is 5.02 Å². The summed E-state index contributed by atoms with van der Waals surface area (Å²) in [4.78, 5) is 21.9. The smallest absolute Gasteiger partial charge is 0.246 e. The molecule has 0 saturated carbocycles. The third kappa shape index (κ3) is 5.71. The number of benzene rings is 3. The van der Waals surface area contributed by atoms with Gasteiger partial charge in [0.05, 0.1) is 25.0 Å². The van der Waals surface area contributed by atoms with Gasteiger partial charge in [-0.05, 0) is 67.9 Å². The Bertz CT molecular complexity index is 1310. The standard InChI is InChI=1S/C27H25ClN4O2/c1-17-4-13-23(18(2)14-17)29-16-26(33)32-27-30-24(19-5-9-21(28)10-6-19)15-25(31-27)20-7-11-22(34-3)12-8-20/h4-15,29H,16H2,1-3H3,(H,30,31,32,33). The molecule has 1 heterocycles. The summed E-state index contributed by atoms with van der Waals surface area (Å²) >= 11 is 6.05. The molecule has 0 bridgehead atoms. The number of carbonyl (C=O) groups is 1. The van der Waals surface area contributed by atoms with E-state index in [-0.39, 0.29) is 18.4 Å². The van der Waals surface area contributed by atoms with Gasteiger partial charge in [-0.1, -0.05) is 41.4 Å². The van der Waals surface area contributed by atoms with E-state index in [0.717, 1.165) is 28.1 Å². The van der Waals surface area contributed by atoms with Gasteiger partial charge in [-0.3, -0.25) is 10.1 Å². The molecule has 4 aromatic rings. The second-order valence-corrected chi connectivity index (χ2v) is 8.35. The third-order valence-electron chi connectivity index (χ3n) is 5.32. The Morgan fingerprint density at radius 3 is 2.09 bits per heavy atom. The number of nitrogens with zero attached hydrogens (tertiary/aromatic N) is 2. The van der Waals surface area contributed by atoms with Crippen LogP contribution in [0.1, 0.15) is 11.1 Å². The number of amides is 1. The number of ether oxygens (including phenoxy) is 1. The van der Waals surface area contributed by atoms with Crippen LogP contribution in [0.25, 0.3) is 22.5 Å². The van der Waals surface area contributed by atoms with Gasteiger partial charge in [-0.15, -0.1) is 0 Å². The molecule has 0 fully saturated rings. The highest BCUT2D eigenvalue weighted by Gasteiger charge is 2.12. The first-order valence-electron chi connectivity index (χ1n) is 10.8. The second kappa shape index (κ2) is 10.4. The van der Waals surface area contributed by atoms with Crippen molar-refractivity contribution in [2.75, 3.05) is 24.3 Å². The van der Waals surface area contributed by atoms with E-state index in [9.17, 15) is 4.79 Å². The highest BCUT2D eigenvalue weighted by atomic mass is 35.5. The maximum Gasteiger partial charge on any atom is 0.246 e. The highest BCUT2D eigenvalue weighted by molar-refractivity contribution is 6.30. The van der Waals surface area contributed by atoms with Crippen LogP contribution in [-0.2, 0) is 4.79 Å². The van der Waals surface area contributed by atoms with Crippen LogP contribution in [0.3, 0.4) is 0 Å². The lowest BCUT2D eigenvalue weighted by Gasteiger charge is -2.12. The lowest BCUT2D eigenvalue weighted by atomic mass is 10.1. The molecular weight excluding hydrogens is 448 g/mol.